The van der Waals surface area contributed by atoms with Crippen molar-refractivity contribution in [1.82, 2.24) is 5.32 Å². The maximum Gasteiger partial charge on any atom is 0.453 e. The maximum atomic E-state index is 12.6. The van der Waals surface area contributed by atoms with Crippen molar-refractivity contribution < 1.29 is 38.7 Å². The van der Waals surface area contributed by atoms with Crippen LogP contribution in [0.2, 0.25) is 5.02 Å². The fraction of sp³-hybridized carbons (Fsp3) is 0.481. The van der Waals surface area contributed by atoms with E-state index in [0.29, 0.717) is 24.6 Å². The van der Waals surface area contributed by atoms with Gasteiger partial charge in [-0.1, -0.05) is 49.6 Å². The number of rotatable bonds is 15. The molecule has 3 N–H and O–H groups in total. The zero-order chi connectivity index (χ0) is 26.8. The van der Waals surface area contributed by atoms with Crippen LogP contribution < -0.4 is 14.8 Å². The van der Waals surface area contributed by atoms with Gasteiger partial charge < -0.3 is 34.5 Å². The van der Waals surface area contributed by atoms with Crippen LogP contribution in [0.1, 0.15) is 50.3 Å². The summed E-state index contributed by atoms with van der Waals surface area (Å²) in [5, 5.41) is 24.0. The first kappa shape index (κ1) is 28.7. The summed E-state index contributed by atoms with van der Waals surface area (Å²) >= 11 is 5.99. The Hall–Kier alpha value is -2.85. The molecular weight excluding hydrogens is 502 g/mol. The van der Waals surface area contributed by atoms with E-state index in [4.69, 9.17) is 30.5 Å². The van der Waals surface area contributed by atoms with Crippen LogP contribution in [0.15, 0.2) is 42.5 Å². The highest BCUT2D eigenvalue weighted by Crippen LogP contribution is 2.41. The predicted octanol–water partition coefficient (Wildman–Crippen LogP) is 3.90. The van der Waals surface area contributed by atoms with E-state index in [1.54, 1.807) is 42.5 Å². The molecule has 2 aromatic carbocycles. The Morgan fingerprint density at radius 2 is 1.86 bits per heavy atom. The summed E-state index contributed by atoms with van der Waals surface area (Å²) < 4.78 is 21.4. The Kier molecular flexibility index (Phi) is 10.6. The van der Waals surface area contributed by atoms with Crippen LogP contribution in [0.4, 0.5) is 0 Å². The van der Waals surface area contributed by atoms with E-state index in [1.807, 2.05) is 6.92 Å². The Bertz CT molecular complexity index is 1060. The van der Waals surface area contributed by atoms with Crippen LogP contribution in [0, 0.1) is 0 Å². The van der Waals surface area contributed by atoms with E-state index < -0.39 is 23.8 Å². The normalized spacial score (nSPS) is 17.8. The van der Waals surface area contributed by atoms with Gasteiger partial charge in [0.2, 0.25) is 0 Å². The molecule has 202 valence electrons. The minimum absolute atomic E-state index is 0.0271. The highest BCUT2D eigenvalue weighted by Gasteiger charge is 2.58. The monoisotopic (exact) mass is 535 g/mol. The second-order valence-electron chi connectivity index (χ2n) is 8.95. The molecule has 0 aromatic heterocycles. The first-order valence-electron chi connectivity index (χ1n) is 12.4. The summed E-state index contributed by atoms with van der Waals surface area (Å²) in [7, 11) is 0. The van der Waals surface area contributed by atoms with Crippen LogP contribution in [0.5, 0.6) is 11.5 Å². The summed E-state index contributed by atoms with van der Waals surface area (Å²) in [5.41, 5.74) is 1.55. The SMILES string of the molecule is CCCCCOCCOC(=O)C1(C(=O)O)Oc2ccc(C[C@@H](C)NC[C@H](O)c3cccc(Cl)c3)cc2O1. The van der Waals surface area contributed by atoms with Gasteiger partial charge in [-0.2, -0.15) is 0 Å². The number of carbonyl (C=O) groups is 2. The number of esters is 1. The summed E-state index contributed by atoms with van der Waals surface area (Å²) in [4.78, 5) is 24.6. The van der Waals surface area contributed by atoms with Crippen LogP contribution >= 0.6 is 11.6 Å². The van der Waals surface area contributed by atoms with Gasteiger partial charge in [0.05, 0.1) is 12.7 Å². The average Bonchev–Trinajstić information content (AvgIpc) is 3.27. The summed E-state index contributed by atoms with van der Waals surface area (Å²) in [6, 6.07) is 12.0. The lowest BCUT2D eigenvalue weighted by Gasteiger charge is -2.20. The Morgan fingerprint density at radius 1 is 1.08 bits per heavy atom. The third-order valence-corrected chi connectivity index (χ3v) is 6.09. The Labute approximate surface area is 221 Å². The number of carboxylic acid groups (broad SMARTS) is 1. The van der Waals surface area contributed by atoms with E-state index >= 15 is 0 Å². The quantitative estimate of drug-likeness (QED) is 0.177. The molecule has 9 nitrogen and oxygen atoms in total. The van der Waals surface area contributed by atoms with Gasteiger partial charge in [-0.25, -0.2) is 9.59 Å². The van der Waals surface area contributed by atoms with Crippen molar-refractivity contribution in [3.8, 4) is 11.5 Å². The molecule has 1 heterocycles. The lowest BCUT2D eigenvalue weighted by molar-refractivity contribution is -0.199. The summed E-state index contributed by atoms with van der Waals surface area (Å²) in [5.74, 6) is -5.09. The number of aliphatic hydroxyl groups excluding tert-OH is 1. The smallest absolute Gasteiger partial charge is 0.453 e. The van der Waals surface area contributed by atoms with Gasteiger partial charge in [0.1, 0.15) is 6.61 Å². The van der Waals surface area contributed by atoms with Crippen LogP contribution in [-0.2, 0) is 25.5 Å². The number of fused-ring (bicyclic) bond motifs is 1. The van der Waals surface area contributed by atoms with Gasteiger partial charge in [0, 0.05) is 24.2 Å². The minimum Gasteiger partial charge on any atom is -0.475 e. The summed E-state index contributed by atoms with van der Waals surface area (Å²) in [6.07, 6.45) is 2.85. The van der Waals surface area contributed by atoms with Gasteiger partial charge in [-0.3, -0.25) is 0 Å². The first-order valence-corrected chi connectivity index (χ1v) is 12.8. The molecule has 0 spiro atoms. The van der Waals surface area contributed by atoms with E-state index in [1.165, 1.54) is 0 Å². The summed E-state index contributed by atoms with van der Waals surface area (Å²) in [6.45, 7) is 4.95. The van der Waals surface area contributed by atoms with Crippen molar-refractivity contribution in [2.45, 2.75) is 57.5 Å². The van der Waals surface area contributed by atoms with Gasteiger partial charge in [-0.05, 0) is 55.2 Å². The molecule has 3 rings (SSSR count). The van der Waals surface area contributed by atoms with E-state index in [-0.39, 0.29) is 30.8 Å². The molecule has 10 heteroatoms. The number of hydrogen-bond donors (Lipinski definition) is 3. The molecular formula is C27H34ClNO8. The zero-order valence-electron chi connectivity index (χ0n) is 21.1. The molecule has 1 unspecified atom stereocenters. The fourth-order valence-electron chi connectivity index (χ4n) is 3.85. The molecule has 0 bridgehead atoms. The molecule has 1 aliphatic rings. The second-order valence-corrected chi connectivity index (χ2v) is 9.38. The number of hydrogen-bond acceptors (Lipinski definition) is 8. The van der Waals surface area contributed by atoms with Gasteiger partial charge in [0.25, 0.3) is 0 Å². The minimum atomic E-state index is -2.60. The zero-order valence-corrected chi connectivity index (χ0v) is 21.8. The van der Waals surface area contributed by atoms with Gasteiger partial charge in [0.15, 0.2) is 11.5 Å². The lowest BCUT2D eigenvalue weighted by atomic mass is 10.1. The van der Waals surface area contributed by atoms with E-state index in [9.17, 15) is 19.8 Å². The largest absolute Gasteiger partial charge is 0.475 e. The molecule has 0 amide bonds. The number of aliphatic carboxylic acids is 1. The number of carboxylic acids is 1. The van der Waals surface area contributed by atoms with Gasteiger partial charge >= 0.3 is 17.7 Å². The number of benzene rings is 2. The average molecular weight is 536 g/mol. The van der Waals surface area contributed by atoms with Crippen LogP contribution in [-0.4, -0.2) is 60.3 Å². The molecule has 37 heavy (non-hydrogen) atoms. The molecule has 0 radical (unpaired) electrons. The molecule has 2 aromatic rings. The second kappa shape index (κ2) is 13.6. The van der Waals surface area contributed by atoms with Crippen molar-refractivity contribution >= 4 is 23.5 Å². The third kappa shape index (κ3) is 7.82. The fourth-order valence-corrected chi connectivity index (χ4v) is 4.05. The Morgan fingerprint density at radius 3 is 2.59 bits per heavy atom. The van der Waals surface area contributed by atoms with Crippen LogP contribution in [0.3, 0.4) is 0 Å². The van der Waals surface area contributed by atoms with Crippen molar-refractivity contribution in [2.24, 2.45) is 0 Å². The number of halogens is 1. The molecule has 3 atom stereocenters. The van der Waals surface area contributed by atoms with Crippen molar-refractivity contribution in [3.05, 3.63) is 58.6 Å². The maximum absolute atomic E-state index is 12.6. The van der Waals surface area contributed by atoms with Crippen molar-refractivity contribution in [1.29, 1.82) is 0 Å². The standard InChI is InChI=1S/C27H34ClNO8/c1-3-4-5-11-34-12-13-35-26(33)27(25(31)32)36-23-10-9-19(15-24(23)37-27)14-18(2)29-17-22(30)20-7-6-8-21(28)16-20/h6-10,15-16,18,22,29-30H,3-5,11-14,17H2,1-2H3,(H,31,32)/t18-,22+,27?/m1/s1. The third-order valence-electron chi connectivity index (χ3n) is 5.85. The topological polar surface area (TPSA) is 124 Å². The Balaban J connectivity index is 1.53. The van der Waals surface area contributed by atoms with Crippen molar-refractivity contribution in [2.75, 3.05) is 26.4 Å². The molecule has 0 fully saturated rings. The first-order chi connectivity index (χ1) is 17.7. The van der Waals surface area contributed by atoms with E-state index in [2.05, 4.69) is 12.2 Å². The predicted molar refractivity (Wildman–Crippen MR) is 137 cm³/mol. The number of aliphatic hydroxyl groups is 1. The number of carbonyl (C=O) groups excluding carboxylic acids is 1. The van der Waals surface area contributed by atoms with E-state index in [0.717, 1.165) is 30.4 Å². The molecule has 0 aliphatic carbocycles. The van der Waals surface area contributed by atoms with Crippen LogP contribution in [0.25, 0.3) is 0 Å². The highest BCUT2D eigenvalue weighted by molar-refractivity contribution is 6.30. The molecule has 0 saturated heterocycles. The highest BCUT2D eigenvalue weighted by atomic mass is 35.5. The van der Waals surface area contributed by atoms with Crippen molar-refractivity contribution in [3.63, 3.8) is 0 Å². The lowest BCUT2D eigenvalue weighted by Crippen LogP contribution is -2.55. The number of unbranched alkanes of at least 4 members (excludes halogenated alkanes) is 2. The number of nitrogens with one attached hydrogen (secondary N) is 1. The molecule has 1 aliphatic heterocycles. The molecule has 0 saturated carbocycles. The number of ether oxygens (including phenoxy) is 4. The van der Waals surface area contributed by atoms with Gasteiger partial charge in [-0.15, -0.1) is 0 Å².